The van der Waals surface area contributed by atoms with Crippen molar-refractivity contribution in [1.29, 1.82) is 0 Å². The fourth-order valence-corrected chi connectivity index (χ4v) is 4.78. The average Bonchev–Trinajstić information content (AvgIpc) is 2.80. The lowest BCUT2D eigenvalue weighted by atomic mass is 10.1. The van der Waals surface area contributed by atoms with Crippen LogP contribution in [0.5, 0.6) is 0 Å². The Kier molecular flexibility index (Phi) is 5.42. The zero-order chi connectivity index (χ0) is 21.1. The molecule has 0 bridgehead atoms. The van der Waals surface area contributed by atoms with E-state index >= 15 is 0 Å². The zero-order valence-corrected chi connectivity index (χ0v) is 16.8. The van der Waals surface area contributed by atoms with Crippen LogP contribution in [0.3, 0.4) is 0 Å². The van der Waals surface area contributed by atoms with E-state index in [1.807, 2.05) is 47.4 Å². The molecule has 3 aromatic rings. The first-order valence-corrected chi connectivity index (χ1v) is 10.8. The van der Waals surface area contributed by atoms with Gasteiger partial charge in [-0.05, 0) is 18.2 Å². The Balaban J connectivity index is 1.45. The number of nitro groups is 1. The van der Waals surface area contributed by atoms with Crippen molar-refractivity contribution in [2.75, 3.05) is 31.1 Å². The van der Waals surface area contributed by atoms with E-state index in [0.717, 1.165) is 17.3 Å². The number of rotatable bonds is 5. The van der Waals surface area contributed by atoms with Gasteiger partial charge in [-0.15, -0.1) is 10.2 Å². The Hall–Kier alpha value is -3.37. The van der Waals surface area contributed by atoms with Crippen LogP contribution in [0.2, 0.25) is 0 Å². The number of hydrogen-bond acceptors (Lipinski definition) is 7. The molecule has 0 radical (unpaired) electrons. The van der Waals surface area contributed by atoms with Crippen LogP contribution in [0, 0.1) is 10.1 Å². The number of aromatic nitrogens is 2. The predicted molar refractivity (Wildman–Crippen MR) is 112 cm³/mol. The summed E-state index contributed by atoms with van der Waals surface area (Å²) in [6.07, 6.45) is 0. The van der Waals surface area contributed by atoms with Crippen LogP contribution in [0.4, 0.5) is 11.5 Å². The highest BCUT2D eigenvalue weighted by Gasteiger charge is 2.30. The van der Waals surface area contributed by atoms with Crippen LogP contribution < -0.4 is 4.90 Å². The van der Waals surface area contributed by atoms with Gasteiger partial charge in [0.1, 0.15) is 0 Å². The Morgan fingerprint density at radius 3 is 2.23 bits per heavy atom. The summed E-state index contributed by atoms with van der Waals surface area (Å²) in [7, 11) is -3.80. The minimum Gasteiger partial charge on any atom is -0.352 e. The van der Waals surface area contributed by atoms with E-state index in [1.165, 1.54) is 22.5 Å². The Labute approximate surface area is 173 Å². The van der Waals surface area contributed by atoms with Gasteiger partial charge in [0.15, 0.2) is 5.82 Å². The summed E-state index contributed by atoms with van der Waals surface area (Å²) in [5, 5.41) is 19.5. The minimum atomic E-state index is -3.80. The molecule has 4 rings (SSSR count). The number of nitrogens with zero attached hydrogens (tertiary/aromatic N) is 5. The molecular weight excluding hydrogens is 406 g/mol. The highest BCUT2D eigenvalue weighted by atomic mass is 32.2. The first kappa shape index (κ1) is 19.9. The molecule has 0 saturated carbocycles. The van der Waals surface area contributed by atoms with Crippen LogP contribution in [0.1, 0.15) is 0 Å². The van der Waals surface area contributed by atoms with Gasteiger partial charge in [0, 0.05) is 43.9 Å². The summed E-state index contributed by atoms with van der Waals surface area (Å²) in [6, 6.07) is 18.6. The fraction of sp³-hybridized carbons (Fsp3) is 0.200. The Bertz CT molecular complexity index is 1150. The molecule has 0 aliphatic carbocycles. The lowest BCUT2D eigenvalue weighted by Crippen LogP contribution is -2.49. The molecule has 9 nitrogen and oxygen atoms in total. The maximum absolute atomic E-state index is 12.9. The van der Waals surface area contributed by atoms with Gasteiger partial charge in [0.2, 0.25) is 10.0 Å². The van der Waals surface area contributed by atoms with Crippen molar-refractivity contribution in [3.63, 3.8) is 0 Å². The highest BCUT2D eigenvalue weighted by molar-refractivity contribution is 7.89. The summed E-state index contributed by atoms with van der Waals surface area (Å²) < 4.78 is 27.1. The normalized spacial score (nSPS) is 15.1. The maximum Gasteiger partial charge on any atom is 0.270 e. The molecule has 1 aliphatic rings. The molecule has 0 amide bonds. The number of nitro benzene ring substituents is 1. The summed E-state index contributed by atoms with van der Waals surface area (Å²) in [6.45, 7) is 1.42. The van der Waals surface area contributed by atoms with Crippen molar-refractivity contribution in [1.82, 2.24) is 14.5 Å². The molecule has 1 fully saturated rings. The molecule has 1 aromatic heterocycles. The second-order valence-corrected chi connectivity index (χ2v) is 8.73. The second kappa shape index (κ2) is 8.17. The van der Waals surface area contributed by atoms with E-state index in [2.05, 4.69) is 10.2 Å². The number of piperazine rings is 1. The first-order chi connectivity index (χ1) is 14.4. The quantitative estimate of drug-likeness (QED) is 0.456. The van der Waals surface area contributed by atoms with E-state index in [1.54, 1.807) is 0 Å². The van der Waals surface area contributed by atoms with Gasteiger partial charge >= 0.3 is 0 Å². The van der Waals surface area contributed by atoms with Crippen LogP contribution in [-0.4, -0.2) is 54.0 Å². The van der Waals surface area contributed by atoms with Gasteiger partial charge in [-0.25, -0.2) is 8.42 Å². The second-order valence-electron chi connectivity index (χ2n) is 6.79. The minimum absolute atomic E-state index is 0.0721. The molecule has 0 unspecified atom stereocenters. The molecule has 0 spiro atoms. The monoisotopic (exact) mass is 425 g/mol. The number of benzene rings is 2. The topological polar surface area (TPSA) is 110 Å². The van der Waals surface area contributed by atoms with E-state index in [-0.39, 0.29) is 23.7 Å². The van der Waals surface area contributed by atoms with Crippen molar-refractivity contribution in [2.24, 2.45) is 0 Å². The summed E-state index contributed by atoms with van der Waals surface area (Å²) in [4.78, 5) is 12.2. The van der Waals surface area contributed by atoms with Crippen LogP contribution in [0.15, 0.2) is 71.6 Å². The third-order valence-electron chi connectivity index (χ3n) is 4.95. The molecule has 2 aromatic carbocycles. The fourth-order valence-electron chi connectivity index (χ4n) is 3.32. The first-order valence-electron chi connectivity index (χ1n) is 9.34. The van der Waals surface area contributed by atoms with Crippen LogP contribution >= 0.6 is 0 Å². The highest BCUT2D eigenvalue weighted by Crippen LogP contribution is 2.24. The Morgan fingerprint density at radius 1 is 0.867 bits per heavy atom. The summed E-state index contributed by atoms with van der Waals surface area (Å²) in [5.41, 5.74) is 1.50. The lowest BCUT2D eigenvalue weighted by molar-refractivity contribution is -0.385. The van der Waals surface area contributed by atoms with Crippen LogP contribution in [-0.2, 0) is 10.0 Å². The molecule has 154 valence electrons. The maximum atomic E-state index is 12.9. The number of hydrogen-bond donors (Lipinski definition) is 0. The van der Waals surface area contributed by atoms with Crippen molar-refractivity contribution in [3.05, 3.63) is 76.8 Å². The molecule has 10 heteroatoms. The van der Waals surface area contributed by atoms with E-state index in [9.17, 15) is 18.5 Å². The van der Waals surface area contributed by atoms with E-state index < -0.39 is 14.9 Å². The zero-order valence-electron chi connectivity index (χ0n) is 16.0. The van der Waals surface area contributed by atoms with Crippen molar-refractivity contribution in [3.8, 4) is 11.3 Å². The van der Waals surface area contributed by atoms with Crippen LogP contribution in [0.25, 0.3) is 11.3 Å². The standard InChI is InChI=1S/C20H19N5O4S/c26-25(27)17-7-4-8-18(15-17)30(28,29)24-13-11-23(12-14-24)20-10-9-19(21-22-20)16-5-2-1-3-6-16/h1-10,15H,11-14H2. The number of non-ortho nitro benzene ring substituents is 1. The third-order valence-corrected chi connectivity index (χ3v) is 6.84. The van der Waals surface area contributed by atoms with Gasteiger partial charge in [-0.3, -0.25) is 10.1 Å². The summed E-state index contributed by atoms with van der Waals surface area (Å²) >= 11 is 0. The molecule has 1 aliphatic heterocycles. The van der Waals surface area contributed by atoms with Crippen molar-refractivity contribution >= 4 is 21.5 Å². The molecule has 0 atom stereocenters. The molecule has 30 heavy (non-hydrogen) atoms. The predicted octanol–water partition coefficient (Wildman–Crippen LogP) is 2.56. The number of sulfonamides is 1. The van der Waals surface area contributed by atoms with Gasteiger partial charge in [-0.2, -0.15) is 4.31 Å². The molecule has 2 heterocycles. The smallest absolute Gasteiger partial charge is 0.270 e. The average molecular weight is 425 g/mol. The Morgan fingerprint density at radius 2 is 1.60 bits per heavy atom. The van der Waals surface area contributed by atoms with E-state index in [0.29, 0.717) is 18.9 Å². The third kappa shape index (κ3) is 4.00. The molecule has 1 saturated heterocycles. The number of anilines is 1. The van der Waals surface area contributed by atoms with Gasteiger partial charge in [0.25, 0.3) is 5.69 Å². The van der Waals surface area contributed by atoms with E-state index in [4.69, 9.17) is 0 Å². The van der Waals surface area contributed by atoms with Crippen molar-refractivity contribution in [2.45, 2.75) is 4.90 Å². The molecule has 0 N–H and O–H groups in total. The van der Waals surface area contributed by atoms with Gasteiger partial charge in [-0.1, -0.05) is 36.4 Å². The van der Waals surface area contributed by atoms with Gasteiger partial charge in [0.05, 0.1) is 15.5 Å². The lowest BCUT2D eigenvalue weighted by Gasteiger charge is -2.34. The largest absolute Gasteiger partial charge is 0.352 e. The summed E-state index contributed by atoms with van der Waals surface area (Å²) in [5.74, 6) is 0.682. The van der Waals surface area contributed by atoms with Crippen molar-refractivity contribution < 1.29 is 13.3 Å². The van der Waals surface area contributed by atoms with Gasteiger partial charge < -0.3 is 4.90 Å². The molecular formula is C20H19N5O4S. The SMILES string of the molecule is O=[N+]([O-])c1cccc(S(=O)(=O)N2CCN(c3ccc(-c4ccccc4)nn3)CC2)c1.